The number of aryl methyl sites for hydroxylation is 1. The van der Waals surface area contributed by atoms with E-state index in [2.05, 4.69) is 23.7 Å². The summed E-state index contributed by atoms with van der Waals surface area (Å²) in [4.78, 5) is 0.0932. The SMILES string of the molecule is Cc1c(S(=O)(=O)NC(C)CCCC(C)C)c(N)nn1C. The summed E-state index contributed by atoms with van der Waals surface area (Å²) in [5.41, 5.74) is 6.24. The molecule has 0 aliphatic rings. The third kappa shape index (κ3) is 4.21. The van der Waals surface area contributed by atoms with Crippen LogP contribution in [0.4, 0.5) is 5.82 Å². The number of anilines is 1. The molecule has 1 atom stereocenters. The Morgan fingerprint density at radius 1 is 1.30 bits per heavy atom. The molecule has 1 rings (SSSR count). The maximum Gasteiger partial charge on any atom is 0.246 e. The first-order valence-corrected chi connectivity index (χ1v) is 8.45. The minimum absolute atomic E-state index is 0.0480. The first-order chi connectivity index (χ1) is 9.15. The Hall–Kier alpha value is -1.08. The maximum absolute atomic E-state index is 12.4. The van der Waals surface area contributed by atoms with Gasteiger partial charge in [0.1, 0.15) is 4.90 Å². The molecule has 3 N–H and O–H groups in total. The summed E-state index contributed by atoms with van der Waals surface area (Å²) >= 11 is 0. The number of nitrogens with one attached hydrogen (secondary N) is 1. The molecule has 20 heavy (non-hydrogen) atoms. The summed E-state index contributed by atoms with van der Waals surface area (Å²) < 4.78 is 28.9. The summed E-state index contributed by atoms with van der Waals surface area (Å²) in [6.07, 6.45) is 2.92. The molecule has 7 heteroatoms. The highest BCUT2D eigenvalue weighted by atomic mass is 32.2. The van der Waals surface area contributed by atoms with Crippen LogP contribution in [0, 0.1) is 12.8 Å². The van der Waals surface area contributed by atoms with E-state index < -0.39 is 10.0 Å². The molecular formula is C13H26N4O2S. The summed E-state index contributed by atoms with van der Waals surface area (Å²) in [5.74, 6) is 0.682. The van der Waals surface area contributed by atoms with E-state index in [4.69, 9.17) is 5.73 Å². The molecule has 116 valence electrons. The summed E-state index contributed by atoms with van der Waals surface area (Å²) in [6, 6.07) is -0.113. The van der Waals surface area contributed by atoms with Crippen LogP contribution < -0.4 is 10.5 Å². The van der Waals surface area contributed by atoms with Crippen molar-refractivity contribution in [3.8, 4) is 0 Å². The second kappa shape index (κ2) is 6.58. The van der Waals surface area contributed by atoms with Crippen molar-refractivity contribution < 1.29 is 8.42 Å². The molecule has 0 aliphatic carbocycles. The molecule has 0 spiro atoms. The Balaban J connectivity index is 2.75. The molecule has 0 fully saturated rings. The van der Waals surface area contributed by atoms with Crippen LogP contribution in [-0.2, 0) is 17.1 Å². The minimum atomic E-state index is -3.61. The van der Waals surface area contributed by atoms with Gasteiger partial charge in [-0.05, 0) is 26.2 Å². The van der Waals surface area contributed by atoms with E-state index in [1.54, 1.807) is 14.0 Å². The fourth-order valence-corrected chi connectivity index (χ4v) is 3.76. The Kier molecular flexibility index (Phi) is 5.59. The minimum Gasteiger partial charge on any atom is -0.381 e. The van der Waals surface area contributed by atoms with Crippen molar-refractivity contribution in [2.45, 2.75) is 57.9 Å². The second-order valence-electron chi connectivity index (χ2n) is 5.77. The number of rotatable bonds is 7. The van der Waals surface area contributed by atoms with Crippen molar-refractivity contribution in [2.24, 2.45) is 13.0 Å². The highest BCUT2D eigenvalue weighted by Gasteiger charge is 2.25. The Morgan fingerprint density at radius 2 is 1.90 bits per heavy atom. The van der Waals surface area contributed by atoms with Crippen molar-refractivity contribution >= 4 is 15.8 Å². The summed E-state index contributed by atoms with van der Waals surface area (Å²) in [7, 11) is -1.93. The number of nitrogen functional groups attached to an aromatic ring is 1. The van der Waals surface area contributed by atoms with E-state index in [1.807, 2.05) is 6.92 Å². The van der Waals surface area contributed by atoms with Crippen LogP contribution in [0.1, 0.15) is 45.7 Å². The molecule has 1 heterocycles. The number of sulfonamides is 1. The quantitative estimate of drug-likeness (QED) is 0.803. The van der Waals surface area contributed by atoms with Gasteiger partial charge in [0.2, 0.25) is 10.0 Å². The van der Waals surface area contributed by atoms with Gasteiger partial charge in [-0.3, -0.25) is 4.68 Å². The number of nitrogens with zero attached hydrogens (tertiary/aromatic N) is 2. The van der Waals surface area contributed by atoms with Crippen molar-refractivity contribution in [2.75, 3.05) is 5.73 Å². The zero-order chi connectivity index (χ0) is 15.5. The van der Waals surface area contributed by atoms with Gasteiger partial charge in [-0.1, -0.05) is 26.7 Å². The topological polar surface area (TPSA) is 90.0 Å². The zero-order valence-electron chi connectivity index (χ0n) is 13.0. The molecule has 0 radical (unpaired) electrons. The first-order valence-electron chi connectivity index (χ1n) is 6.96. The number of hydrogen-bond acceptors (Lipinski definition) is 4. The van der Waals surface area contributed by atoms with E-state index in [0.717, 1.165) is 19.3 Å². The molecule has 0 bridgehead atoms. The lowest BCUT2D eigenvalue weighted by Crippen LogP contribution is -2.33. The van der Waals surface area contributed by atoms with E-state index >= 15 is 0 Å². The third-order valence-electron chi connectivity index (χ3n) is 3.35. The maximum atomic E-state index is 12.4. The van der Waals surface area contributed by atoms with Gasteiger partial charge in [0.25, 0.3) is 0 Å². The van der Waals surface area contributed by atoms with Gasteiger partial charge in [-0.25, -0.2) is 13.1 Å². The lowest BCUT2D eigenvalue weighted by molar-refractivity contribution is 0.488. The molecule has 0 aliphatic heterocycles. The van der Waals surface area contributed by atoms with Gasteiger partial charge in [0.05, 0.1) is 5.69 Å². The third-order valence-corrected chi connectivity index (χ3v) is 5.10. The fraction of sp³-hybridized carbons (Fsp3) is 0.769. The van der Waals surface area contributed by atoms with Crippen molar-refractivity contribution in [3.05, 3.63) is 5.69 Å². The van der Waals surface area contributed by atoms with Crippen LogP contribution in [0.5, 0.6) is 0 Å². The molecule has 0 saturated carbocycles. The predicted molar refractivity (Wildman–Crippen MR) is 80.8 cm³/mol. The van der Waals surface area contributed by atoms with Gasteiger partial charge in [0, 0.05) is 13.1 Å². The number of aromatic nitrogens is 2. The van der Waals surface area contributed by atoms with Crippen LogP contribution in [0.25, 0.3) is 0 Å². The number of hydrogen-bond donors (Lipinski definition) is 2. The summed E-state index contributed by atoms with van der Waals surface area (Å²) in [5, 5.41) is 3.94. The van der Waals surface area contributed by atoms with E-state index in [-0.39, 0.29) is 16.8 Å². The highest BCUT2D eigenvalue weighted by molar-refractivity contribution is 7.89. The molecule has 0 aromatic carbocycles. The standard InChI is InChI=1S/C13H26N4O2S/c1-9(2)7-6-8-10(3)16-20(18,19)12-11(4)17(5)15-13(12)14/h9-10,16H,6-8H2,1-5H3,(H2,14,15). The molecular weight excluding hydrogens is 276 g/mol. The first kappa shape index (κ1) is 17.0. The van der Waals surface area contributed by atoms with E-state index in [1.165, 1.54) is 4.68 Å². The molecule has 6 nitrogen and oxygen atoms in total. The highest BCUT2D eigenvalue weighted by Crippen LogP contribution is 2.21. The normalized spacial score (nSPS) is 13.9. The Bertz CT molecular complexity index is 549. The Morgan fingerprint density at radius 3 is 2.35 bits per heavy atom. The van der Waals surface area contributed by atoms with Crippen molar-refractivity contribution in [1.82, 2.24) is 14.5 Å². The van der Waals surface area contributed by atoms with Crippen molar-refractivity contribution in [1.29, 1.82) is 0 Å². The van der Waals surface area contributed by atoms with Crippen LogP contribution >= 0.6 is 0 Å². The predicted octanol–water partition coefficient (Wildman–Crippen LogP) is 1.80. The van der Waals surface area contributed by atoms with Crippen LogP contribution in [0.2, 0.25) is 0 Å². The average molecular weight is 302 g/mol. The van der Waals surface area contributed by atoms with Gasteiger partial charge in [0.15, 0.2) is 5.82 Å². The van der Waals surface area contributed by atoms with Gasteiger partial charge < -0.3 is 5.73 Å². The van der Waals surface area contributed by atoms with Gasteiger partial charge in [-0.15, -0.1) is 0 Å². The summed E-state index contributed by atoms with van der Waals surface area (Å²) in [6.45, 7) is 7.89. The van der Waals surface area contributed by atoms with Crippen LogP contribution in [0.15, 0.2) is 4.90 Å². The van der Waals surface area contributed by atoms with Crippen LogP contribution in [0.3, 0.4) is 0 Å². The monoisotopic (exact) mass is 302 g/mol. The average Bonchev–Trinajstić information content (AvgIpc) is 2.51. The van der Waals surface area contributed by atoms with Gasteiger partial charge in [-0.2, -0.15) is 5.10 Å². The lowest BCUT2D eigenvalue weighted by Gasteiger charge is -2.15. The zero-order valence-corrected chi connectivity index (χ0v) is 13.8. The molecule has 0 amide bonds. The smallest absolute Gasteiger partial charge is 0.246 e. The molecule has 1 aromatic rings. The lowest BCUT2D eigenvalue weighted by atomic mass is 10.0. The molecule has 1 aromatic heterocycles. The molecule has 0 saturated heterocycles. The van der Waals surface area contributed by atoms with Crippen LogP contribution in [-0.4, -0.2) is 24.2 Å². The largest absolute Gasteiger partial charge is 0.381 e. The van der Waals surface area contributed by atoms with E-state index in [0.29, 0.717) is 11.6 Å². The Labute approximate surface area is 121 Å². The number of nitrogens with two attached hydrogens (primary N) is 1. The molecule has 1 unspecified atom stereocenters. The fourth-order valence-electron chi connectivity index (χ4n) is 2.16. The van der Waals surface area contributed by atoms with E-state index in [9.17, 15) is 8.42 Å². The second-order valence-corrected chi connectivity index (χ2v) is 7.42. The van der Waals surface area contributed by atoms with Gasteiger partial charge >= 0.3 is 0 Å². The van der Waals surface area contributed by atoms with Crippen molar-refractivity contribution in [3.63, 3.8) is 0 Å².